The highest BCUT2D eigenvalue weighted by molar-refractivity contribution is 9.10. The third-order valence-corrected chi connectivity index (χ3v) is 5.62. The molecule has 2 nitrogen and oxygen atoms in total. The van der Waals surface area contributed by atoms with Crippen molar-refractivity contribution in [2.75, 3.05) is 13.1 Å². The van der Waals surface area contributed by atoms with Crippen molar-refractivity contribution < 1.29 is 5.11 Å². The van der Waals surface area contributed by atoms with E-state index >= 15 is 0 Å². The van der Waals surface area contributed by atoms with Gasteiger partial charge in [0.25, 0.3) is 0 Å². The zero-order valence-electron chi connectivity index (χ0n) is 11.3. The summed E-state index contributed by atoms with van der Waals surface area (Å²) in [6.45, 7) is 2.67. The van der Waals surface area contributed by atoms with E-state index in [2.05, 4.69) is 50.5 Å². The van der Waals surface area contributed by atoms with E-state index in [0.717, 1.165) is 36.0 Å². The second-order valence-corrected chi connectivity index (χ2v) is 7.06. The Kier molecular flexibility index (Phi) is 4.26. The number of rotatable bonds is 3. The average molecular weight is 352 g/mol. The van der Waals surface area contributed by atoms with E-state index in [9.17, 15) is 5.11 Å². The molecule has 0 bridgehead atoms. The Hall–Kier alpha value is -0.680. The van der Waals surface area contributed by atoms with Crippen molar-refractivity contribution in [3.63, 3.8) is 0 Å². The van der Waals surface area contributed by atoms with Gasteiger partial charge in [-0.05, 0) is 46.3 Å². The van der Waals surface area contributed by atoms with Gasteiger partial charge >= 0.3 is 0 Å². The van der Waals surface area contributed by atoms with Crippen LogP contribution in [0.2, 0.25) is 0 Å². The van der Waals surface area contributed by atoms with E-state index in [0.29, 0.717) is 6.54 Å². The third-order valence-electron chi connectivity index (χ3n) is 3.91. The quantitative estimate of drug-likeness (QED) is 0.903. The second-order valence-electron chi connectivity index (χ2n) is 5.46. The number of likely N-dealkylation sites (tertiary alicyclic amines) is 1. The summed E-state index contributed by atoms with van der Waals surface area (Å²) in [5.41, 5.74) is 1.63. The van der Waals surface area contributed by atoms with Crippen LogP contribution in [-0.4, -0.2) is 23.1 Å². The highest BCUT2D eigenvalue weighted by Gasteiger charge is 2.36. The standard InChI is InChI=1S/C16H18BrNOS/c17-15-11-20-10-14(15)16(19)7-4-8-18(12-16)9-13-5-2-1-3-6-13/h1-3,5-6,10-11,19H,4,7-9,12H2. The molecule has 1 atom stereocenters. The van der Waals surface area contributed by atoms with E-state index in [1.54, 1.807) is 11.3 Å². The van der Waals surface area contributed by atoms with Gasteiger partial charge in [0.1, 0.15) is 5.60 Å². The molecule has 1 aliphatic heterocycles. The van der Waals surface area contributed by atoms with Crippen molar-refractivity contribution in [3.05, 3.63) is 56.7 Å². The van der Waals surface area contributed by atoms with Crippen LogP contribution < -0.4 is 0 Å². The van der Waals surface area contributed by atoms with Crippen molar-refractivity contribution in [3.8, 4) is 0 Å². The van der Waals surface area contributed by atoms with Gasteiger partial charge in [-0.15, -0.1) is 0 Å². The fourth-order valence-electron chi connectivity index (χ4n) is 2.93. The van der Waals surface area contributed by atoms with Crippen LogP contribution in [0.15, 0.2) is 45.6 Å². The number of thiophene rings is 1. The van der Waals surface area contributed by atoms with Crippen LogP contribution in [0.5, 0.6) is 0 Å². The molecule has 4 heteroatoms. The minimum Gasteiger partial charge on any atom is -0.384 e. The first-order chi connectivity index (χ1) is 9.67. The summed E-state index contributed by atoms with van der Waals surface area (Å²) in [6.07, 6.45) is 1.87. The molecule has 20 heavy (non-hydrogen) atoms. The maximum atomic E-state index is 11.0. The van der Waals surface area contributed by atoms with E-state index in [-0.39, 0.29) is 0 Å². The molecule has 0 aliphatic carbocycles. The number of hydrogen-bond acceptors (Lipinski definition) is 3. The van der Waals surface area contributed by atoms with E-state index in [4.69, 9.17) is 0 Å². The molecule has 1 aliphatic rings. The van der Waals surface area contributed by atoms with Gasteiger partial charge in [-0.2, -0.15) is 11.3 Å². The number of nitrogens with zero attached hydrogens (tertiary/aromatic N) is 1. The number of piperidine rings is 1. The first kappa shape index (κ1) is 14.3. The van der Waals surface area contributed by atoms with Crippen molar-refractivity contribution in [2.45, 2.75) is 25.0 Å². The van der Waals surface area contributed by atoms with Gasteiger partial charge < -0.3 is 5.11 Å². The minimum atomic E-state index is -0.716. The van der Waals surface area contributed by atoms with Crippen molar-refractivity contribution in [2.24, 2.45) is 0 Å². The van der Waals surface area contributed by atoms with Gasteiger partial charge in [0.2, 0.25) is 0 Å². The molecule has 0 radical (unpaired) electrons. The molecule has 1 N–H and O–H groups in total. The molecule has 1 fully saturated rings. The third kappa shape index (κ3) is 2.98. The molecular weight excluding hydrogens is 334 g/mol. The van der Waals surface area contributed by atoms with Gasteiger partial charge in [0, 0.05) is 28.5 Å². The van der Waals surface area contributed by atoms with E-state index in [1.807, 2.05) is 11.4 Å². The maximum absolute atomic E-state index is 11.0. The van der Waals surface area contributed by atoms with Crippen LogP contribution >= 0.6 is 27.3 Å². The van der Waals surface area contributed by atoms with Crippen molar-refractivity contribution in [1.29, 1.82) is 0 Å². The molecule has 2 aromatic rings. The fraction of sp³-hybridized carbons (Fsp3) is 0.375. The molecule has 0 spiro atoms. The summed E-state index contributed by atoms with van der Waals surface area (Å²) in [5.74, 6) is 0. The lowest BCUT2D eigenvalue weighted by Gasteiger charge is -2.39. The largest absolute Gasteiger partial charge is 0.384 e. The van der Waals surface area contributed by atoms with Crippen LogP contribution in [0.3, 0.4) is 0 Å². The molecule has 0 amide bonds. The van der Waals surface area contributed by atoms with Gasteiger partial charge in [-0.3, -0.25) is 4.90 Å². The average Bonchev–Trinajstić information content (AvgIpc) is 2.87. The van der Waals surface area contributed by atoms with E-state index in [1.165, 1.54) is 5.56 Å². The lowest BCUT2D eigenvalue weighted by molar-refractivity contribution is -0.0383. The van der Waals surface area contributed by atoms with Gasteiger partial charge in [0.15, 0.2) is 0 Å². The highest BCUT2D eigenvalue weighted by atomic mass is 79.9. The summed E-state index contributed by atoms with van der Waals surface area (Å²) in [5, 5.41) is 15.1. The molecule has 1 unspecified atom stereocenters. The number of β-amino-alcohol motifs (C(OH)–C–C–N with tert-alkyl or cyclic N) is 1. The van der Waals surface area contributed by atoms with Crippen LogP contribution in [0.25, 0.3) is 0 Å². The van der Waals surface area contributed by atoms with Crippen molar-refractivity contribution >= 4 is 27.3 Å². The number of halogens is 1. The van der Waals surface area contributed by atoms with Gasteiger partial charge in [0.05, 0.1) is 0 Å². The lowest BCUT2D eigenvalue weighted by atomic mass is 9.87. The zero-order valence-corrected chi connectivity index (χ0v) is 13.7. The Morgan fingerprint density at radius 3 is 2.75 bits per heavy atom. The number of benzene rings is 1. The molecule has 3 rings (SSSR count). The zero-order chi connectivity index (χ0) is 14.0. The summed E-state index contributed by atoms with van der Waals surface area (Å²) in [6, 6.07) is 10.5. The monoisotopic (exact) mass is 351 g/mol. The molecule has 106 valence electrons. The van der Waals surface area contributed by atoms with Crippen LogP contribution in [0, 0.1) is 0 Å². The molecule has 2 heterocycles. The molecule has 1 aromatic carbocycles. The Labute approximate surface area is 132 Å². The van der Waals surface area contributed by atoms with Gasteiger partial charge in [-0.25, -0.2) is 0 Å². The number of aliphatic hydroxyl groups is 1. The molecule has 1 aromatic heterocycles. The Morgan fingerprint density at radius 2 is 2.05 bits per heavy atom. The summed E-state index contributed by atoms with van der Waals surface area (Å²) in [7, 11) is 0. The molecule has 0 saturated carbocycles. The topological polar surface area (TPSA) is 23.5 Å². The molecular formula is C16H18BrNOS. The fourth-order valence-corrected chi connectivity index (χ4v) is 4.69. The first-order valence-electron chi connectivity index (χ1n) is 6.88. The predicted molar refractivity (Wildman–Crippen MR) is 86.9 cm³/mol. The van der Waals surface area contributed by atoms with E-state index < -0.39 is 5.60 Å². The summed E-state index contributed by atoms with van der Waals surface area (Å²) >= 11 is 5.19. The van der Waals surface area contributed by atoms with Gasteiger partial charge in [-0.1, -0.05) is 30.3 Å². The van der Waals surface area contributed by atoms with Crippen molar-refractivity contribution in [1.82, 2.24) is 4.90 Å². The number of hydrogen-bond donors (Lipinski definition) is 1. The summed E-state index contributed by atoms with van der Waals surface area (Å²) in [4.78, 5) is 2.35. The Bertz CT molecular complexity index is 571. The first-order valence-corrected chi connectivity index (χ1v) is 8.62. The lowest BCUT2D eigenvalue weighted by Crippen LogP contribution is -2.45. The minimum absolute atomic E-state index is 0.706. The maximum Gasteiger partial charge on any atom is 0.104 e. The predicted octanol–water partition coefficient (Wildman–Crippen LogP) is 3.99. The molecule has 1 saturated heterocycles. The van der Waals surface area contributed by atoms with Crippen LogP contribution in [0.1, 0.15) is 24.0 Å². The summed E-state index contributed by atoms with van der Waals surface area (Å²) < 4.78 is 1.03. The highest BCUT2D eigenvalue weighted by Crippen LogP contribution is 2.38. The van der Waals surface area contributed by atoms with Crippen LogP contribution in [-0.2, 0) is 12.1 Å². The SMILES string of the molecule is OC1(c2cscc2Br)CCCN(Cc2ccccc2)C1. The van der Waals surface area contributed by atoms with Crippen LogP contribution in [0.4, 0.5) is 0 Å². The second kappa shape index (κ2) is 5.98. The smallest absolute Gasteiger partial charge is 0.104 e. The Morgan fingerprint density at radius 1 is 1.25 bits per heavy atom. The Balaban J connectivity index is 1.75. The normalized spacial score (nSPS) is 23.9.